The molecule has 12 aromatic rings. The van der Waals surface area contributed by atoms with E-state index in [0.717, 1.165) is 72.6 Å². The van der Waals surface area contributed by atoms with Gasteiger partial charge in [-0.05, 0) is 73.7 Å². The Kier molecular flexibility index (Phi) is 8.46. The van der Waals surface area contributed by atoms with Crippen LogP contribution in [0.4, 0.5) is 0 Å². The lowest BCUT2D eigenvalue weighted by Crippen LogP contribution is -2.25. The Morgan fingerprint density at radius 1 is 0.338 bits per heavy atom. The van der Waals surface area contributed by atoms with Gasteiger partial charge in [-0.3, -0.25) is 0 Å². The van der Waals surface area contributed by atoms with Gasteiger partial charge in [0.1, 0.15) is 5.69 Å². The van der Waals surface area contributed by atoms with Crippen LogP contribution in [0.3, 0.4) is 0 Å². The molecule has 316 valence electrons. The van der Waals surface area contributed by atoms with E-state index in [1.165, 1.54) is 49.9 Å². The summed E-state index contributed by atoms with van der Waals surface area (Å²) in [7, 11) is 0. The van der Waals surface area contributed by atoms with E-state index in [-0.39, 0.29) is 0 Å². The van der Waals surface area contributed by atoms with Crippen molar-refractivity contribution in [2.24, 2.45) is 0 Å². The van der Waals surface area contributed by atoms with E-state index in [1.807, 2.05) is 0 Å². The highest BCUT2D eigenvalue weighted by Crippen LogP contribution is 2.63. The van der Waals surface area contributed by atoms with E-state index >= 15 is 0 Å². The molecule has 4 nitrogen and oxygen atoms in total. The van der Waals surface area contributed by atoms with Crippen molar-refractivity contribution in [2.45, 2.75) is 5.41 Å². The van der Waals surface area contributed by atoms with Crippen molar-refractivity contribution < 1.29 is 0 Å². The van der Waals surface area contributed by atoms with Gasteiger partial charge in [0.05, 0.1) is 28.0 Å². The van der Waals surface area contributed by atoms with Crippen molar-refractivity contribution in [1.29, 1.82) is 0 Å². The van der Waals surface area contributed by atoms with Crippen LogP contribution in [0.2, 0.25) is 0 Å². The number of fused-ring (bicyclic) bond motifs is 13. The fourth-order valence-electron chi connectivity index (χ4n) is 11.3. The first-order valence-electron chi connectivity index (χ1n) is 23.3. The Balaban J connectivity index is 0.941. The van der Waals surface area contributed by atoms with E-state index in [0.29, 0.717) is 5.82 Å². The number of aromatic nitrogens is 4. The zero-order chi connectivity index (χ0) is 44.8. The second-order valence-corrected chi connectivity index (χ2v) is 17.9. The van der Waals surface area contributed by atoms with Crippen LogP contribution in [0.1, 0.15) is 22.3 Å². The van der Waals surface area contributed by atoms with Crippen molar-refractivity contribution >= 4 is 16.3 Å². The molecule has 0 saturated heterocycles. The SMILES string of the molecule is c1ccc(-c2cc(-c3ccc4c(c3)C3(c5ccccc5-c5ccccc53)c3ccccc3-4)nc(-c3ccc(-c4nn5c(-c6ccccc6)cc6ccccc6c5c4-c4ccccc4)cc3)n2)cc1. The van der Waals surface area contributed by atoms with Crippen molar-refractivity contribution in [1.82, 2.24) is 19.6 Å². The van der Waals surface area contributed by atoms with E-state index in [2.05, 4.69) is 247 Å². The minimum absolute atomic E-state index is 0.451. The molecule has 0 amide bonds. The minimum Gasteiger partial charge on any atom is -0.231 e. The smallest absolute Gasteiger partial charge is 0.160 e. The summed E-state index contributed by atoms with van der Waals surface area (Å²) in [5, 5.41) is 7.81. The monoisotopic (exact) mass is 864 g/mol. The molecule has 0 bridgehead atoms. The van der Waals surface area contributed by atoms with Gasteiger partial charge in [-0.15, -0.1) is 0 Å². The fraction of sp³-hybridized carbons (Fsp3) is 0.0156. The number of pyridine rings is 1. The highest BCUT2D eigenvalue weighted by molar-refractivity contribution is 6.08. The Bertz CT molecular complexity index is 3880. The molecule has 2 aliphatic rings. The van der Waals surface area contributed by atoms with Crippen molar-refractivity contribution in [3.8, 4) is 89.8 Å². The molecule has 2 aliphatic carbocycles. The molecule has 3 heterocycles. The first-order chi connectivity index (χ1) is 33.7. The van der Waals surface area contributed by atoms with Gasteiger partial charge in [0.25, 0.3) is 0 Å². The maximum atomic E-state index is 5.48. The predicted molar refractivity (Wildman–Crippen MR) is 277 cm³/mol. The van der Waals surface area contributed by atoms with Crippen LogP contribution < -0.4 is 0 Å². The third kappa shape index (κ3) is 5.64. The van der Waals surface area contributed by atoms with E-state index < -0.39 is 5.41 Å². The Hall–Kier alpha value is -8.99. The molecule has 0 atom stereocenters. The van der Waals surface area contributed by atoms with Crippen LogP contribution in [0.15, 0.2) is 243 Å². The molecule has 3 aromatic heterocycles. The first-order valence-corrected chi connectivity index (χ1v) is 23.3. The first kappa shape index (κ1) is 38.3. The maximum Gasteiger partial charge on any atom is 0.160 e. The molecular formula is C64H40N4. The highest BCUT2D eigenvalue weighted by atomic mass is 15.2. The van der Waals surface area contributed by atoms with Gasteiger partial charge < -0.3 is 0 Å². The molecule has 0 saturated carbocycles. The van der Waals surface area contributed by atoms with Crippen molar-refractivity contribution in [3.05, 3.63) is 265 Å². The summed E-state index contributed by atoms with van der Waals surface area (Å²) in [5.41, 5.74) is 22.1. The summed E-state index contributed by atoms with van der Waals surface area (Å²) in [6.07, 6.45) is 0. The van der Waals surface area contributed by atoms with Crippen LogP contribution in [-0.2, 0) is 5.41 Å². The van der Waals surface area contributed by atoms with Gasteiger partial charge in [-0.2, -0.15) is 5.10 Å². The highest BCUT2D eigenvalue weighted by Gasteiger charge is 2.51. The molecule has 14 rings (SSSR count). The van der Waals surface area contributed by atoms with Crippen LogP contribution >= 0.6 is 0 Å². The largest absolute Gasteiger partial charge is 0.231 e. The third-order valence-electron chi connectivity index (χ3n) is 14.3. The lowest BCUT2D eigenvalue weighted by molar-refractivity contribution is 0.794. The van der Waals surface area contributed by atoms with Crippen molar-refractivity contribution in [3.63, 3.8) is 0 Å². The van der Waals surface area contributed by atoms with E-state index in [4.69, 9.17) is 15.1 Å². The van der Waals surface area contributed by atoms with E-state index in [1.54, 1.807) is 0 Å². The minimum atomic E-state index is -0.451. The fourth-order valence-corrected chi connectivity index (χ4v) is 11.3. The summed E-state index contributed by atoms with van der Waals surface area (Å²) in [4.78, 5) is 10.7. The molecule has 1 spiro atoms. The van der Waals surface area contributed by atoms with Gasteiger partial charge in [0, 0.05) is 38.8 Å². The van der Waals surface area contributed by atoms with E-state index in [9.17, 15) is 0 Å². The van der Waals surface area contributed by atoms with Crippen LogP contribution in [-0.4, -0.2) is 19.6 Å². The molecule has 0 aliphatic heterocycles. The number of hydrogen-bond acceptors (Lipinski definition) is 3. The number of hydrogen-bond donors (Lipinski definition) is 0. The number of rotatable bonds is 6. The predicted octanol–water partition coefficient (Wildman–Crippen LogP) is 15.6. The molecule has 0 unspecified atom stereocenters. The second kappa shape index (κ2) is 15.0. The van der Waals surface area contributed by atoms with Crippen LogP contribution in [0.5, 0.6) is 0 Å². The number of nitrogens with zero attached hydrogens (tertiary/aromatic N) is 4. The molecule has 0 fully saturated rings. The average Bonchev–Trinajstić information content (AvgIpc) is 4.07. The zero-order valence-corrected chi connectivity index (χ0v) is 36.9. The summed E-state index contributed by atoms with van der Waals surface area (Å²) in [5.74, 6) is 0.665. The van der Waals surface area contributed by atoms with Gasteiger partial charge in [-0.1, -0.05) is 224 Å². The molecule has 68 heavy (non-hydrogen) atoms. The maximum absolute atomic E-state index is 5.48. The molecule has 4 heteroatoms. The zero-order valence-electron chi connectivity index (χ0n) is 36.9. The van der Waals surface area contributed by atoms with Gasteiger partial charge in [-0.25, -0.2) is 14.5 Å². The van der Waals surface area contributed by atoms with Gasteiger partial charge >= 0.3 is 0 Å². The van der Waals surface area contributed by atoms with Gasteiger partial charge in [0.2, 0.25) is 0 Å². The quantitative estimate of drug-likeness (QED) is 0.167. The molecule has 0 N–H and O–H groups in total. The second-order valence-electron chi connectivity index (χ2n) is 17.9. The molecule has 9 aromatic carbocycles. The normalized spacial score (nSPS) is 12.8. The lowest BCUT2D eigenvalue weighted by Gasteiger charge is -2.30. The van der Waals surface area contributed by atoms with Gasteiger partial charge in [0.15, 0.2) is 5.82 Å². The Morgan fingerprint density at radius 2 is 0.824 bits per heavy atom. The number of benzene rings is 9. The molecule has 0 radical (unpaired) electrons. The Morgan fingerprint density at radius 3 is 1.46 bits per heavy atom. The van der Waals surface area contributed by atoms with Crippen molar-refractivity contribution in [2.75, 3.05) is 0 Å². The summed E-state index contributed by atoms with van der Waals surface area (Å²) >= 11 is 0. The summed E-state index contributed by atoms with van der Waals surface area (Å²) in [6, 6.07) is 87.2. The van der Waals surface area contributed by atoms with Crippen LogP contribution in [0, 0.1) is 0 Å². The summed E-state index contributed by atoms with van der Waals surface area (Å²) in [6.45, 7) is 0. The standard InChI is InChI=1S/C64H40N4/c1-4-18-41(19-5-1)57-40-58(47-36-37-52-51-28-14-17-31-55(51)64(56(52)38-47)53-29-15-12-26-49(53)50-27-13-16-30-54(50)64)66-63(65-57)45-34-32-44(33-35-45)61-60(43-22-8-3-9-23-43)62-48-25-11-10-24-46(48)39-59(68(62)67-61)42-20-6-2-7-21-42/h1-40H. The third-order valence-corrected chi connectivity index (χ3v) is 14.3. The topological polar surface area (TPSA) is 43.1 Å². The molecular weight excluding hydrogens is 825 g/mol. The lowest BCUT2D eigenvalue weighted by atomic mass is 9.70. The van der Waals surface area contributed by atoms with Crippen LogP contribution in [0.25, 0.3) is 106 Å². The average molecular weight is 865 g/mol. The Labute approximate surface area is 394 Å². The summed E-state index contributed by atoms with van der Waals surface area (Å²) < 4.78 is 2.14.